The Morgan fingerprint density at radius 2 is 1.73 bits per heavy atom. The Bertz CT molecular complexity index is 1660. The number of hydrogen-bond donors (Lipinski definition) is 0. The molecule has 284 valence electrons. The van der Waals surface area contributed by atoms with E-state index in [2.05, 4.69) is 108 Å². The lowest BCUT2D eigenvalue weighted by molar-refractivity contribution is -0.127. The minimum Gasteiger partial charge on any atom is -0.414 e. The van der Waals surface area contributed by atoms with Gasteiger partial charge in [0, 0.05) is 30.7 Å². The first-order chi connectivity index (χ1) is 24.7. The van der Waals surface area contributed by atoms with Crippen molar-refractivity contribution in [3.8, 4) is 5.00 Å². The second kappa shape index (κ2) is 14.5. The molecule has 5 nitrogen and oxygen atoms in total. The predicted molar refractivity (Wildman–Crippen MR) is 220 cm³/mol. The lowest BCUT2D eigenvalue weighted by Gasteiger charge is -2.61. The third-order valence-corrected chi connectivity index (χ3v) is 21.4. The number of likely N-dealkylation sites (N-methyl/N-ethyl adjacent to an activating group) is 1. The Morgan fingerprint density at radius 1 is 1.00 bits per heavy atom. The summed E-state index contributed by atoms with van der Waals surface area (Å²) in [6.07, 6.45) is 17.1. The summed E-state index contributed by atoms with van der Waals surface area (Å²) in [5, 5.41) is 3.38. The smallest absolute Gasteiger partial charge is 0.220 e. The summed E-state index contributed by atoms with van der Waals surface area (Å²) in [5.41, 5.74) is 1.93. The van der Waals surface area contributed by atoms with Crippen LogP contribution in [0.4, 0.5) is 5.69 Å². The highest BCUT2D eigenvalue weighted by atomic mass is 32.1. The molecule has 4 fully saturated rings. The Hall–Kier alpha value is -2.22. The van der Waals surface area contributed by atoms with Crippen LogP contribution >= 0.6 is 11.3 Å². The molecule has 0 radical (unpaired) electrons. The van der Waals surface area contributed by atoms with Crippen molar-refractivity contribution in [3.05, 3.63) is 66.1 Å². The summed E-state index contributed by atoms with van der Waals surface area (Å²) in [7, 11) is -1.76. The second-order valence-corrected chi connectivity index (χ2v) is 25.1. The number of nitrogens with zero attached hydrogens (tertiary/aromatic N) is 3. The van der Waals surface area contributed by atoms with Crippen LogP contribution in [-0.4, -0.2) is 42.3 Å². The maximum absolute atomic E-state index is 14.8. The molecule has 2 aromatic heterocycles. The SMILES string of the molecule is CCN(c1ccccc1)[C@@H](C[C@@H](C)[C@H]1CC[C@H]2[C@@H]3CC[C@@H]4C[C@H](O[Si](C)(C)C(C)(C)C)CC[C@]4(C)[C@H]3CC[C@]12C)C(=O)c1nccn1-c1cccs1. The molecular formula is C45H67N3O2SSi. The molecule has 0 saturated heterocycles. The summed E-state index contributed by atoms with van der Waals surface area (Å²) in [6.45, 7) is 22.9. The first-order valence-electron chi connectivity index (χ1n) is 20.8. The Labute approximate surface area is 320 Å². The molecule has 7 rings (SSSR count). The molecule has 4 aliphatic carbocycles. The summed E-state index contributed by atoms with van der Waals surface area (Å²) < 4.78 is 9.06. The number of hydrogen-bond acceptors (Lipinski definition) is 5. The van der Waals surface area contributed by atoms with Crippen molar-refractivity contribution < 1.29 is 9.22 Å². The van der Waals surface area contributed by atoms with Gasteiger partial charge in [0.05, 0.1) is 6.04 Å². The first-order valence-corrected chi connectivity index (χ1v) is 24.6. The van der Waals surface area contributed by atoms with Crippen molar-refractivity contribution in [1.29, 1.82) is 0 Å². The summed E-state index contributed by atoms with van der Waals surface area (Å²) in [6, 6.07) is 14.5. The van der Waals surface area contributed by atoms with Gasteiger partial charge >= 0.3 is 0 Å². The predicted octanol–water partition coefficient (Wildman–Crippen LogP) is 12.1. The quantitative estimate of drug-likeness (QED) is 0.145. The van der Waals surface area contributed by atoms with Crippen molar-refractivity contribution >= 4 is 31.1 Å². The van der Waals surface area contributed by atoms with Crippen molar-refractivity contribution in [2.45, 2.75) is 143 Å². The van der Waals surface area contributed by atoms with Crippen LogP contribution in [0.25, 0.3) is 5.00 Å². The van der Waals surface area contributed by atoms with E-state index in [-0.39, 0.29) is 16.9 Å². The number of carbonyl (C=O) groups excluding carboxylic acids is 1. The lowest BCUT2D eigenvalue weighted by atomic mass is 9.44. The number of ketones is 1. The fourth-order valence-corrected chi connectivity index (χ4v) is 14.3. The molecule has 7 heteroatoms. The van der Waals surface area contributed by atoms with E-state index in [0.29, 0.717) is 34.6 Å². The molecule has 0 amide bonds. The topological polar surface area (TPSA) is 47.4 Å². The average Bonchev–Trinajstić information content (AvgIpc) is 3.88. The zero-order valence-corrected chi connectivity index (χ0v) is 35.6. The van der Waals surface area contributed by atoms with E-state index in [9.17, 15) is 4.79 Å². The van der Waals surface area contributed by atoms with Gasteiger partial charge in [-0.2, -0.15) is 0 Å². The van der Waals surface area contributed by atoms with Crippen LogP contribution in [0.2, 0.25) is 18.1 Å². The van der Waals surface area contributed by atoms with Gasteiger partial charge in [-0.05, 0) is 165 Å². The Balaban J connectivity index is 1.09. The van der Waals surface area contributed by atoms with Crippen LogP contribution in [0.5, 0.6) is 0 Å². The number of imidazole rings is 1. The molecule has 52 heavy (non-hydrogen) atoms. The molecule has 2 heterocycles. The van der Waals surface area contributed by atoms with Crippen LogP contribution in [0.3, 0.4) is 0 Å². The van der Waals surface area contributed by atoms with E-state index in [0.717, 1.165) is 47.3 Å². The lowest BCUT2D eigenvalue weighted by Crippen LogP contribution is -2.55. The number of carbonyl (C=O) groups is 1. The van der Waals surface area contributed by atoms with Crippen LogP contribution in [-0.2, 0) is 4.43 Å². The number of rotatable bonds is 11. The molecule has 0 spiro atoms. The number of Topliss-reactive ketones (excluding diaryl/α,β-unsaturated/α-hetero) is 1. The molecule has 0 N–H and O–H groups in total. The monoisotopic (exact) mass is 741 g/mol. The van der Waals surface area contributed by atoms with Crippen molar-refractivity contribution in [2.75, 3.05) is 11.4 Å². The first kappa shape index (κ1) is 38.1. The zero-order chi connectivity index (χ0) is 37.1. The highest BCUT2D eigenvalue weighted by Crippen LogP contribution is 2.68. The largest absolute Gasteiger partial charge is 0.414 e. The van der Waals surface area contributed by atoms with E-state index in [4.69, 9.17) is 9.41 Å². The number of aromatic nitrogens is 2. The maximum atomic E-state index is 14.8. The van der Waals surface area contributed by atoms with E-state index in [1.54, 1.807) is 17.5 Å². The number of thiophene rings is 1. The van der Waals surface area contributed by atoms with Crippen molar-refractivity contribution in [3.63, 3.8) is 0 Å². The molecule has 0 unspecified atom stereocenters. The number of anilines is 1. The van der Waals surface area contributed by atoms with Crippen LogP contribution in [0.15, 0.2) is 60.2 Å². The molecule has 3 aromatic rings. The Kier molecular flexibility index (Phi) is 10.6. The van der Waals surface area contributed by atoms with Crippen LogP contribution < -0.4 is 4.90 Å². The second-order valence-electron chi connectivity index (χ2n) is 19.4. The van der Waals surface area contributed by atoms with Crippen LogP contribution in [0.1, 0.15) is 123 Å². The van der Waals surface area contributed by atoms with E-state index >= 15 is 0 Å². The molecule has 0 aliphatic heterocycles. The van der Waals surface area contributed by atoms with Crippen LogP contribution in [0, 0.1) is 46.3 Å². The van der Waals surface area contributed by atoms with Gasteiger partial charge in [-0.1, -0.05) is 59.7 Å². The van der Waals surface area contributed by atoms with Crippen molar-refractivity contribution in [2.24, 2.45) is 46.3 Å². The standard InChI is InChI=1S/C45H67N3O2SSi/c1-10-47(33-15-12-11-13-16-33)39(41(49)42-46-26-27-48(42)40-17-14-28-51-40)29-31(2)36-20-21-37-35-19-18-32-30-34(50-52(8,9)43(3,4)5)22-24-44(32,6)38(35)23-25-45(36,37)7/h11-17,26-28,31-32,34-39H,10,18-25,29-30H2,1-9H3/t31-,32-,34-,35+,36-,37+,38+,39+,44+,45-/m1/s1. The Morgan fingerprint density at radius 3 is 2.42 bits per heavy atom. The third-order valence-electron chi connectivity index (χ3n) is 16.0. The van der Waals surface area contributed by atoms with Gasteiger partial charge in [0.25, 0.3) is 0 Å². The normalized spacial score (nSPS) is 33.1. The van der Waals surface area contributed by atoms with Gasteiger partial charge in [-0.15, -0.1) is 11.3 Å². The van der Waals surface area contributed by atoms with Gasteiger partial charge in [0.1, 0.15) is 5.00 Å². The molecule has 0 bridgehead atoms. The average molecular weight is 742 g/mol. The number of benzene rings is 1. The maximum Gasteiger partial charge on any atom is 0.220 e. The van der Waals surface area contributed by atoms with E-state index < -0.39 is 8.32 Å². The fraction of sp³-hybridized carbons (Fsp3) is 0.689. The summed E-state index contributed by atoms with van der Waals surface area (Å²) >= 11 is 1.65. The van der Waals surface area contributed by atoms with Crippen molar-refractivity contribution in [1.82, 2.24) is 9.55 Å². The van der Waals surface area contributed by atoms with Gasteiger partial charge in [0.2, 0.25) is 5.78 Å². The third kappa shape index (κ3) is 6.71. The summed E-state index contributed by atoms with van der Waals surface area (Å²) in [5.74, 6) is 5.09. The van der Waals surface area contributed by atoms with Gasteiger partial charge in [-0.3, -0.25) is 9.36 Å². The number of para-hydroxylation sites is 1. The summed E-state index contributed by atoms with van der Waals surface area (Å²) in [4.78, 5) is 21.8. The molecule has 4 aliphatic rings. The highest BCUT2D eigenvalue weighted by molar-refractivity contribution is 7.12. The highest BCUT2D eigenvalue weighted by Gasteiger charge is 2.61. The molecular weight excluding hydrogens is 675 g/mol. The molecule has 10 atom stereocenters. The minimum atomic E-state index is -1.76. The molecule has 4 saturated carbocycles. The van der Waals surface area contributed by atoms with E-state index in [1.165, 1.54) is 57.8 Å². The number of fused-ring (bicyclic) bond motifs is 5. The fourth-order valence-electron chi connectivity index (χ4n) is 12.2. The minimum absolute atomic E-state index is 0.138. The molecule has 1 aromatic carbocycles. The zero-order valence-electron chi connectivity index (χ0n) is 33.7. The van der Waals surface area contributed by atoms with Gasteiger partial charge < -0.3 is 9.33 Å². The van der Waals surface area contributed by atoms with Gasteiger partial charge in [-0.25, -0.2) is 4.98 Å². The van der Waals surface area contributed by atoms with Gasteiger partial charge in [0.15, 0.2) is 14.1 Å². The van der Waals surface area contributed by atoms with E-state index in [1.807, 2.05) is 16.8 Å².